The number of hydrogen-bond acceptors (Lipinski definition) is 4. The molecule has 7 nitrogen and oxygen atoms in total. The van der Waals surface area contributed by atoms with Crippen molar-refractivity contribution in [1.29, 1.82) is 0 Å². The fourth-order valence-electron chi connectivity index (χ4n) is 2.14. The van der Waals surface area contributed by atoms with Gasteiger partial charge in [0.2, 0.25) is 0 Å². The lowest BCUT2D eigenvalue weighted by Crippen LogP contribution is -2.43. The molecule has 23 heavy (non-hydrogen) atoms. The zero-order chi connectivity index (χ0) is 17.0. The Morgan fingerprint density at radius 3 is 2.35 bits per heavy atom. The van der Waals surface area contributed by atoms with Gasteiger partial charge < -0.3 is 15.3 Å². The van der Waals surface area contributed by atoms with E-state index in [1.165, 1.54) is 12.1 Å². The maximum absolute atomic E-state index is 12.2. The zero-order valence-corrected chi connectivity index (χ0v) is 13.7. The summed E-state index contributed by atoms with van der Waals surface area (Å²) < 4.78 is 22.5. The highest BCUT2D eigenvalue weighted by Gasteiger charge is 2.32. The molecule has 0 atom stereocenters. The molecule has 2 N–H and O–H groups in total. The molecule has 0 bridgehead atoms. The predicted octanol–water partition coefficient (Wildman–Crippen LogP) is 1.10. The molecule has 126 valence electrons. The SMILES string of the molecule is CS(=O)(=O)CCN(C(=O)NCc1ccc(C(=O)O)cc1)C1CC1. The molecule has 0 spiro atoms. The molecule has 0 aliphatic heterocycles. The molecule has 1 aliphatic rings. The third kappa shape index (κ3) is 5.55. The molecule has 2 amide bonds. The number of carbonyl (C=O) groups is 2. The topological polar surface area (TPSA) is 104 Å². The third-order valence-electron chi connectivity index (χ3n) is 3.60. The van der Waals surface area contributed by atoms with Gasteiger partial charge in [0.25, 0.3) is 0 Å². The summed E-state index contributed by atoms with van der Waals surface area (Å²) >= 11 is 0. The van der Waals surface area contributed by atoms with E-state index in [1.54, 1.807) is 17.0 Å². The van der Waals surface area contributed by atoms with Gasteiger partial charge in [-0.1, -0.05) is 12.1 Å². The van der Waals surface area contributed by atoms with Crippen LogP contribution in [0.15, 0.2) is 24.3 Å². The van der Waals surface area contributed by atoms with Crippen LogP contribution in [-0.4, -0.2) is 55.0 Å². The molecule has 1 aromatic rings. The molecule has 1 aromatic carbocycles. The summed E-state index contributed by atoms with van der Waals surface area (Å²) in [5.74, 6) is -1.05. The van der Waals surface area contributed by atoms with E-state index in [2.05, 4.69) is 5.32 Å². The Balaban J connectivity index is 1.89. The number of nitrogens with one attached hydrogen (secondary N) is 1. The number of carboxylic acids is 1. The first-order valence-electron chi connectivity index (χ1n) is 7.31. The van der Waals surface area contributed by atoms with Crippen molar-refractivity contribution in [3.63, 3.8) is 0 Å². The second-order valence-corrected chi connectivity index (χ2v) is 7.97. The monoisotopic (exact) mass is 340 g/mol. The Bertz CT molecular complexity index is 680. The van der Waals surface area contributed by atoms with E-state index in [4.69, 9.17) is 5.11 Å². The smallest absolute Gasteiger partial charge is 0.335 e. The van der Waals surface area contributed by atoms with Crippen LogP contribution in [0.25, 0.3) is 0 Å². The second-order valence-electron chi connectivity index (χ2n) is 5.72. The van der Waals surface area contributed by atoms with Gasteiger partial charge >= 0.3 is 12.0 Å². The highest BCUT2D eigenvalue weighted by Crippen LogP contribution is 2.26. The molecule has 8 heteroatoms. The quantitative estimate of drug-likeness (QED) is 0.773. The van der Waals surface area contributed by atoms with Gasteiger partial charge in [-0.15, -0.1) is 0 Å². The zero-order valence-electron chi connectivity index (χ0n) is 12.9. The number of benzene rings is 1. The standard InChI is InChI=1S/C15H20N2O5S/c1-23(21,22)9-8-17(13-6-7-13)15(20)16-10-11-2-4-12(5-3-11)14(18)19/h2-5,13H,6-10H2,1H3,(H,16,20)(H,18,19). The lowest BCUT2D eigenvalue weighted by Gasteiger charge is -2.22. The summed E-state index contributed by atoms with van der Waals surface area (Å²) in [4.78, 5) is 24.6. The molecular weight excluding hydrogens is 320 g/mol. The molecule has 0 unspecified atom stereocenters. The Morgan fingerprint density at radius 1 is 1.26 bits per heavy atom. The molecule has 0 saturated heterocycles. The van der Waals surface area contributed by atoms with Gasteiger partial charge in [-0.25, -0.2) is 18.0 Å². The van der Waals surface area contributed by atoms with Crippen molar-refractivity contribution in [2.45, 2.75) is 25.4 Å². The van der Waals surface area contributed by atoms with E-state index in [0.29, 0.717) is 0 Å². The number of hydrogen-bond donors (Lipinski definition) is 2. The van der Waals surface area contributed by atoms with Crippen molar-refractivity contribution >= 4 is 21.8 Å². The highest BCUT2D eigenvalue weighted by atomic mass is 32.2. The minimum absolute atomic E-state index is 0.0514. The van der Waals surface area contributed by atoms with E-state index < -0.39 is 15.8 Å². The van der Waals surface area contributed by atoms with E-state index in [9.17, 15) is 18.0 Å². The van der Waals surface area contributed by atoms with Crippen LogP contribution in [0, 0.1) is 0 Å². The molecule has 2 rings (SSSR count). The first kappa shape index (κ1) is 17.3. The van der Waals surface area contributed by atoms with Crippen molar-refractivity contribution in [3.8, 4) is 0 Å². The minimum atomic E-state index is -3.12. The van der Waals surface area contributed by atoms with Crippen LogP contribution in [0.5, 0.6) is 0 Å². The summed E-state index contributed by atoms with van der Waals surface area (Å²) in [6.07, 6.45) is 2.94. The average molecular weight is 340 g/mol. The number of rotatable bonds is 7. The summed E-state index contributed by atoms with van der Waals surface area (Å²) in [6.45, 7) is 0.452. The van der Waals surface area contributed by atoms with Gasteiger partial charge in [-0.2, -0.15) is 0 Å². The summed E-state index contributed by atoms with van der Waals surface area (Å²) in [5, 5.41) is 11.6. The van der Waals surface area contributed by atoms with Gasteiger partial charge in [0.1, 0.15) is 9.84 Å². The number of carboxylic acid groups (broad SMARTS) is 1. The maximum atomic E-state index is 12.2. The Hall–Kier alpha value is -2.09. The van der Waals surface area contributed by atoms with Crippen molar-refractivity contribution in [2.75, 3.05) is 18.6 Å². The normalized spacial score (nSPS) is 14.3. The van der Waals surface area contributed by atoms with E-state index in [0.717, 1.165) is 24.7 Å². The molecule has 1 aliphatic carbocycles. The second kappa shape index (κ2) is 6.99. The minimum Gasteiger partial charge on any atom is -0.478 e. The number of aromatic carboxylic acids is 1. The maximum Gasteiger partial charge on any atom is 0.335 e. The van der Waals surface area contributed by atoms with Crippen molar-refractivity contribution in [3.05, 3.63) is 35.4 Å². The van der Waals surface area contributed by atoms with Crippen LogP contribution >= 0.6 is 0 Å². The predicted molar refractivity (Wildman–Crippen MR) is 85.1 cm³/mol. The average Bonchev–Trinajstić information content (AvgIpc) is 3.29. The van der Waals surface area contributed by atoms with Crippen molar-refractivity contribution in [2.24, 2.45) is 0 Å². The van der Waals surface area contributed by atoms with Crippen LogP contribution in [0.3, 0.4) is 0 Å². The van der Waals surface area contributed by atoms with E-state index >= 15 is 0 Å². The first-order chi connectivity index (χ1) is 10.8. The molecule has 0 aromatic heterocycles. The Labute approximate surface area is 135 Å². The Morgan fingerprint density at radius 2 is 1.87 bits per heavy atom. The first-order valence-corrected chi connectivity index (χ1v) is 9.37. The molecule has 0 radical (unpaired) electrons. The fraction of sp³-hybridized carbons (Fsp3) is 0.467. The van der Waals surface area contributed by atoms with E-state index in [1.807, 2.05) is 0 Å². The number of nitrogens with zero attached hydrogens (tertiary/aromatic N) is 1. The molecule has 0 heterocycles. The largest absolute Gasteiger partial charge is 0.478 e. The summed E-state index contributed by atoms with van der Waals surface area (Å²) in [6, 6.07) is 6.06. The number of urea groups is 1. The third-order valence-corrected chi connectivity index (χ3v) is 4.52. The van der Waals surface area contributed by atoms with Gasteiger partial charge in [0.15, 0.2) is 0 Å². The van der Waals surface area contributed by atoms with E-state index in [-0.39, 0.29) is 36.5 Å². The molecule has 1 saturated carbocycles. The number of carbonyl (C=O) groups excluding carboxylic acids is 1. The van der Waals surface area contributed by atoms with Crippen LogP contribution in [0.1, 0.15) is 28.8 Å². The lowest BCUT2D eigenvalue weighted by atomic mass is 10.1. The van der Waals surface area contributed by atoms with Gasteiger partial charge in [0.05, 0.1) is 11.3 Å². The van der Waals surface area contributed by atoms with Gasteiger partial charge in [-0.3, -0.25) is 0 Å². The van der Waals surface area contributed by atoms with Crippen LogP contribution in [0.4, 0.5) is 4.79 Å². The fourth-order valence-corrected chi connectivity index (χ4v) is 2.67. The van der Waals surface area contributed by atoms with Crippen molar-refractivity contribution in [1.82, 2.24) is 10.2 Å². The summed E-state index contributed by atoms with van der Waals surface area (Å²) in [7, 11) is -3.12. The van der Waals surface area contributed by atoms with Gasteiger partial charge in [-0.05, 0) is 30.5 Å². The number of amides is 2. The molecule has 1 fully saturated rings. The Kier molecular flexibility index (Phi) is 5.25. The van der Waals surface area contributed by atoms with Gasteiger partial charge in [0, 0.05) is 25.4 Å². The lowest BCUT2D eigenvalue weighted by molar-refractivity contribution is 0.0696. The van der Waals surface area contributed by atoms with Crippen LogP contribution in [0.2, 0.25) is 0 Å². The molecular formula is C15H20N2O5S. The summed E-state index contributed by atoms with van der Waals surface area (Å²) in [5.41, 5.74) is 0.968. The number of sulfone groups is 1. The van der Waals surface area contributed by atoms with Crippen molar-refractivity contribution < 1.29 is 23.1 Å². The van der Waals surface area contributed by atoms with Crippen LogP contribution < -0.4 is 5.32 Å². The highest BCUT2D eigenvalue weighted by molar-refractivity contribution is 7.90. The van der Waals surface area contributed by atoms with Crippen LogP contribution in [-0.2, 0) is 16.4 Å².